The van der Waals surface area contributed by atoms with Crippen LogP contribution in [0, 0.1) is 0 Å². The van der Waals surface area contributed by atoms with Gasteiger partial charge in [0.25, 0.3) is 0 Å². The van der Waals surface area contributed by atoms with Gasteiger partial charge in [0, 0.05) is 20.6 Å². The molecule has 0 saturated heterocycles. The molecule has 0 atom stereocenters. The summed E-state index contributed by atoms with van der Waals surface area (Å²) in [5.74, 6) is 3.24. The highest BCUT2D eigenvalue weighted by Crippen LogP contribution is 2.32. The van der Waals surface area contributed by atoms with Gasteiger partial charge in [-0.15, -0.1) is 24.0 Å². The van der Waals surface area contributed by atoms with Crippen molar-refractivity contribution < 1.29 is 9.47 Å². The molecule has 0 bridgehead atoms. The molecule has 8 heteroatoms. The number of hydrogen-bond donors (Lipinski definition) is 2. The van der Waals surface area contributed by atoms with Crippen LogP contribution in [0.5, 0.6) is 11.5 Å². The van der Waals surface area contributed by atoms with E-state index in [1.54, 1.807) is 7.05 Å². The fraction of sp³-hybridized carbons (Fsp3) is 0.238. The molecular formula is C21H24IN5O2. The van der Waals surface area contributed by atoms with E-state index in [9.17, 15) is 0 Å². The molecule has 0 spiro atoms. The van der Waals surface area contributed by atoms with Crippen LogP contribution in [-0.2, 0) is 13.1 Å². The zero-order chi connectivity index (χ0) is 19.3. The molecular weight excluding hydrogens is 481 g/mol. The number of H-pyrrole nitrogens is 1. The molecule has 2 heterocycles. The smallest absolute Gasteiger partial charge is 0.231 e. The number of hydrogen-bond acceptors (Lipinski definition) is 4. The van der Waals surface area contributed by atoms with Crippen LogP contribution in [-0.4, -0.2) is 41.7 Å². The number of aromatic nitrogens is 2. The van der Waals surface area contributed by atoms with Crippen molar-refractivity contribution in [3.63, 3.8) is 0 Å². The monoisotopic (exact) mass is 505 g/mol. The van der Waals surface area contributed by atoms with Crippen LogP contribution < -0.4 is 14.8 Å². The lowest BCUT2D eigenvalue weighted by Gasteiger charge is -2.21. The van der Waals surface area contributed by atoms with Gasteiger partial charge in [0.2, 0.25) is 6.79 Å². The summed E-state index contributed by atoms with van der Waals surface area (Å²) in [7, 11) is 3.76. The lowest BCUT2D eigenvalue weighted by atomic mass is 10.2. The summed E-state index contributed by atoms with van der Waals surface area (Å²) in [6, 6.07) is 16.1. The Bertz CT molecular complexity index is 974. The van der Waals surface area contributed by atoms with E-state index in [0.29, 0.717) is 13.1 Å². The molecule has 7 nitrogen and oxygen atoms in total. The van der Waals surface area contributed by atoms with Gasteiger partial charge in [0.05, 0.1) is 18.4 Å². The lowest BCUT2D eigenvalue weighted by molar-refractivity contribution is 0.174. The van der Waals surface area contributed by atoms with Gasteiger partial charge in [-0.2, -0.15) is 0 Å². The molecule has 2 aromatic carbocycles. The van der Waals surface area contributed by atoms with E-state index in [0.717, 1.165) is 40.1 Å². The normalized spacial score (nSPS) is 12.4. The maximum atomic E-state index is 5.43. The predicted octanol–water partition coefficient (Wildman–Crippen LogP) is 3.63. The highest BCUT2D eigenvalue weighted by atomic mass is 127. The molecule has 0 aliphatic carbocycles. The highest BCUT2D eigenvalue weighted by molar-refractivity contribution is 14.0. The van der Waals surface area contributed by atoms with Crippen LogP contribution in [0.1, 0.15) is 11.4 Å². The van der Waals surface area contributed by atoms with Crippen LogP contribution in [0.15, 0.2) is 59.7 Å². The minimum atomic E-state index is 0. The molecule has 29 heavy (non-hydrogen) atoms. The minimum absolute atomic E-state index is 0. The molecule has 2 N–H and O–H groups in total. The molecule has 0 fully saturated rings. The zero-order valence-corrected chi connectivity index (χ0v) is 18.7. The van der Waals surface area contributed by atoms with E-state index in [1.807, 2.05) is 54.5 Å². The van der Waals surface area contributed by atoms with Crippen molar-refractivity contribution in [1.29, 1.82) is 0 Å². The summed E-state index contributed by atoms with van der Waals surface area (Å²) >= 11 is 0. The van der Waals surface area contributed by atoms with Crippen molar-refractivity contribution in [3.05, 3.63) is 66.1 Å². The number of aromatic amines is 1. The van der Waals surface area contributed by atoms with E-state index in [4.69, 9.17) is 9.47 Å². The molecule has 3 aromatic rings. The number of aliphatic imine (C=N–C) groups is 1. The second-order valence-corrected chi connectivity index (χ2v) is 6.55. The zero-order valence-electron chi connectivity index (χ0n) is 16.4. The number of fused-ring (bicyclic) bond motifs is 1. The van der Waals surface area contributed by atoms with E-state index in [1.165, 1.54) is 0 Å². The quantitative estimate of drug-likeness (QED) is 0.315. The fourth-order valence-electron chi connectivity index (χ4n) is 3.12. The van der Waals surface area contributed by atoms with Crippen molar-refractivity contribution >= 4 is 29.9 Å². The number of benzene rings is 2. The van der Waals surface area contributed by atoms with Crippen LogP contribution >= 0.6 is 24.0 Å². The number of guanidine groups is 1. The van der Waals surface area contributed by atoms with E-state index in [-0.39, 0.29) is 30.8 Å². The van der Waals surface area contributed by atoms with Crippen LogP contribution in [0.25, 0.3) is 11.3 Å². The number of nitrogens with one attached hydrogen (secondary N) is 2. The van der Waals surface area contributed by atoms with Crippen molar-refractivity contribution in [2.24, 2.45) is 4.99 Å². The van der Waals surface area contributed by atoms with Crippen LogP contribution in [0.2, 0.25) is 0 Å². The van der Waals surface area contributed by atoms with Crippen molar-refractivity contribution in [1.82, 2.24) is 20.2 Å². The van der Waals surface area contributed by atoms with Gasteiger partial charge in [-0.1, -0.05) is 36.4 Å². The van der Waals surface area contributed by atoms with Crippen LogP contribution in [0.3, 0.4) is 0 Å². The molecule has 4 rings (SSSR count). The number of nitrogens with zero attached hydrogens (tertiary/aromatic N) is 3. The second-order valence-electron chi connectivity index (χ2n) is 6.55. The van der Waals surface area contributed by atoms with Crippen LogP contribution in [0.4, 0.5) is 0 Å². The van der Waals surface area contributed by atoms with E-state index in [2.05, 4.69) is 32.4 Å². The third kappa shape index (κ3) is 5.00. The third-order valence-electron chi connectivity index (χ3n) is 4.56. The average molecular weight is 505 g/mol. The maximum absolute atomic E-state index is 5.43. The van der Waals surface area contributed by atoms with Gasteiger partial charge in [-0.05, 0) is 23.3 Å². The topological polar surface area (TPSA) is 74.8 Å². The highest BCUT2D eigenvalue weighted by Gasteiger charge is 2.14. The van der Waals surface area contributed by atoms with E-state index < -0.39 is 0 Å². The molecule has 152 valence electrons. The Labute approximate surface area is 187 Å². The molecule has 0 radical (unpaired) electrons. The summed E-state index contributed by atoms with van der Waals surface area (Å²) in [6.07, 6.45) is 1.86. The van der Waals surface area contributed by atoms with E-state index >= 15 is 0 Å². The standard InChI is InChI=1S/C21H23N5O2.HI/c1-22-21(24-11-15-8-9-18-19(10-15)28-14-27-18)26(2)13-20-23-12-17(25-20)16-6-4-3-5-7-16;/h3-10,12H,11,13-14H2,1-2H3,(H,22,24)(H,23,25);1H. The largest absolute Gasteiger partial charge is 0.454 e. The number of ether oxygens (including phenoxy) is 2. The average Bonchev–Trinajstić information content (AvgIpc) is 3.38. The Morgan fingerprint density at radius 3 is 2.76 bits per heavy atom. The first-order valence-electron chi connectivity index (χ1n) is 9.12. The van der Waals surface area contributed by atoms with Crippen molar-refractivity contribution in [2.75, 3.05) is 20.9 Å². The number of rotatable bonds is 5. The SMILES string of the molecule is CN=C(NCc1ccc2c(c1)OCO2)N(C)Cc1ncc(-c2ccccc2)[nH]1.I. The van der Waals surface area contributed by atoms with Crippen molar-refractivity contribution in [2.45, 2.75) is 13.1 Å². The van der Waals surface area contributed by atoms with Crippen molar-refractivity contribution in [3.8, 4) is 22.8 Å². The maximum Gasteiger partial charge on any atom is 0.231 e. The molecule has 0 amide bonds. The summed E-state index contributed by atoms with van der Waals surface area (Å²) in [5, 5.41) is 3.37. The minimum Gasteiger partial charge on any atom is -0.454 e. The number of halogens is 1. The molecule has 0 unspecified atom stereocenters. The third-order valence-corrected chi connectivity index (χ3v) is 4.56. The molecule has 1 aliphatic rings. The Hall–Kier alpha value is -2.75. The predicted molar refractivity (Wildman–Crippen MR) is 124 cm³/mol. The van der Waals surface area contributed by atoms with Gasteiger partial charge in [0.15, 0.2) is 17.5 Å². The molecule has 1 aliphatic heterocycles. The Balaban J connectivity index is 0.00000240. The Kier molecular flexibility index (Phi) is 6.97. The first kappa shape index (κ1) is 21.0. The second kappa shape index (κ2) is 9.64. The van der Waals surface area contributed by atoms with Gasteiger partial charge in [-0.25, -0.2) is 4.98 Å². The van der Waals surface area contributed by atoms with Gasteiger partial charge in [0.1, 0.15) is 5.82 Å². The fourth-order valence-corrected chi connectivity index (χ4v) is 3.12. The number of imidazole rings is 1. The summed E-state index contributed by atoms with van der Waals surface area (Å²) in [5.41, 5.74) is 3.23. The Morgan fingerprint density at radius 1 is 1.17 bits per heavy atom. The lowest BCUT2D eigenvalue weighted by Crippen LogP contribution is -2.38. The summed E-state index contributed by atoms with van der Waals surface area (Å²) < 4.78 is 10.8. The summed E-state index contributed by atoms with van der Waals surface area (Å²) in [6.45, 7) is 1.54. The first-order valence-corrected chi connectivity index (χ1v) is 9.12. The molecule has 0 saturated carbocycles. The summed E-state index contributed by atoms with van der Waals surface area (Å²) in [4.78, 5) is 14.3. The molecule has 1 aromatic heterocycles. The first-order chi connectivity index (χ1) is 13.7. The van der Waals surface area contributed by atoms with Gasteiger partial charge in [-0.3, -0.25) is 4.99 Å². The van der Waals surface area contributed by atoms with Gasteiger partial charge < -0.3 is 24.7 Å². The van der Waals surface area contributed by atoms with Gasteiger partial charge >= 0.3 is 0 Å². The Morgan fingerprint density at radius 2 is 1.97 bits per heavy atom.